The molecule has 3 rings (SSSR count). The van der Waals surface area contributed by atoms with E-state index in [0.717, 1.165) is 23.3 Å². The number of halogens is 1. The molecule has 0 spiro atoms. The molecule has 0 bridgehead atoms. The van der Waals surface area contributed by atoms with E-state index < -0.39 is 10.0 Å². The number of primary sulfonamides is 1. The summed E-state index contributed by atoms with van der Waals surface area (Å²) in [5.74, 6) is 0.393. The normalized spacial score (nSPS) is 11.6. The number of aryl methyl sites for hydroxylation is 1. The van der Waals surface area contributed by atoms with E-state index in [0.29, 0.717) is 17.5 Å². The summed E-state index contributed by atoms with van der Waals surface area (Å²) in [5, 5.41) is 5.36. The van der Waals surface area contributed by atoms with Crippen LogP contribution in [0.4, 0.5) is 4.39 Å². The Morgan fingerprint density at radius 1 is 1.04 bits per heavy atom. The monoisotopic (exact) mass is 359 g/mol. The molecule has 0 saturated carbocycles. The lowest BCUT2D eigenvalue weighted by atomic mass is 9.95. The van der Waals surface area contributed by atoms with E-state index in [-0.39, 0.29) is 10.7 Å². The molecule has 4 nitrogen and oxygen atoms in total. The molecule has 0 radical (unpaired) electrons. The molecule has 3 aromatic rings. The van der Waals surface area contributed by atoms with Crippen molar-refractivity contribution in [3.63, 3.8) is 0 Å². The highest BCUT2D eigenvalue weighted by Gasteiger charge is 2.22. The molecule has 0 aliphatic carbocycles. The number of rotatable bonds is 5. The van der Waals surface area contributed by atoms with Gasteiger partial charge in [-0.25, -0.2) is 17.9 Å². The van der Waals surface area contributed by atoms with Crippen LogP contribution in [0, 0.1) is 5.82 Å². The molecule has 0 saturated heterocycles. The third-order valence-electron chi connectivity index (χ3n) is 3.96. The topological polar surface area (TPSA) is 73.3 Å². The molecule has 0 unspecified atom stereocenters. The molecule has 0 atom stereocenters. The highest BCUT2D eigenvalue weighted by atomic mass is 32.2. The Kier molecular flexibility index (Phi) is 4.74. The van der Waals surface area contributed by atoms with Crippen molar-refractivity contribution in [2.45, 2.75) is 24.7 Å². The smallest absolute Gasteiger partial charge is 0.238 e. The molecular weight excluding hydrogens is 341 g/mol. The van der Waals surface area contributed by atoms with Crippen molar-refractivity contribution in [1.29, 1.82) is 0 Å². The molecule has 1 aromatic heterocycles. The number of furan rings is 1. The van der Waals surface area contributed by atoms with Crippen LogP contribution in [0.1, 0.15) is 19.1 Å². The van der Waals surface area contributed by atoms with Gasteiger partial charge in [0.1, 0.15) is 11.6 Å². The maximum absolute atomic E-state index is 13.3. The third-order valence-corrected chi connectivity index (χ3v) is 4.93. The highest BCUT2D eigenvalue weighted by Crippen LogP contribution is 2.39. The van der Waals surface area contributed by atoms with Crippen LogP contribution in [0.3, 0.4) is 0 Å². The lowest BCUT2D eigenvalue weighted by Gasteiger charge is -2.10. The number of hydrogen-bond acceptors (Lipinski definition) is 3. The van der Waals surface area contributed by atoms with E-state index in [4.69, 9.17) is 9.56 Å². The number of hydrogen-bond donors (Lipinski definition) is 1. The van der Waals surface area contributed by atoms with Crippen molar-refractivity contribution in [1.82, 2.24) is 0 Å². The summed E-state index contributed by atoms with van der Waals surface area (Å²) >= 11 is 0. The first-order chi connectivity index (χ1) is 11.9. The summed E-state index contributed by atoms with van der Waals surface area (Å²) in [5.41, 5.74) is 2.62. The fraction of sp³-hybridized carbons (Fsp3) is 0.158. The SMILES string of the molecule is CCCc1occ(-c2ccccc2S(N)(=O)=O)c1-c1ccc(F)cc1. The summed E-state index contributed by atoms with van der Waals surface area (Å²) in [6, 6.07) is 12.6. The number of benzene rings is 2. The van der Waals surface area contributed by atoms with Gasteiger partial charge >= 0.3 is 0 Å². The van der Waals surface area contributed by atoms with Crippen molar-refractivity contribution in [3.8, 4) is 22.3 Å². The van der Waals surface area contributed by atoms with Gasteiger partial charge in [-0.1, -0.05) is 37.3 Å². The van der Waals surface area contributed by atoms with Gasteiger partial charge in [0.25, 0.3) is 0 Å². The number of nitrogens with two attached hydrogens (primary N) is 1. The summed E-state index contributed by atoms with van der Waals surface area (Å²) < 4.78 is 42.9. The molecule has 1 heterocycles. The van der Waals surface area contributed by atoms with Crippen LogP contribution in [0.5, 0.6) is 0 Å². The zero-order valence-electron chi connectivity index (χ0n) is 13.7. The minimum atomic E-state index is -3.89. The van der Waals surface area contributed by atoms with Crippen LogP contribution >= 0.6 is 0 Å². The molecule has 0 amide bonds. The minimum Gasteiger partial charge on any atom is -0.468 e. The molecule has 0 aliphatic rings. The van der Waals surface area contributed by atoms with E-state index in [1.54, 1.807) is 30.3 Å². The van der Waals surface area contributed by atoms with Gasteiger partial charge < -0.3 is 4.42 Å². The quantitative estimate of drug-likeness (QED) is 0.736. The van der Waals surface area contributed by atoms with Crippen molar-refractivity contribution in [2.75, 3.05) is 0 Å². The summed E-state index contributed by atoms with van der Waals surface area (Å²) in [6.45, 7) is 2.02. The van der Waals surface area contributed by atoms with Crippen LogP contribution < -0.4 is 5.14 Å². The fourth-order valence-corrected chi connectivity index (χ4v) is 3.63. The standard InChI is InChI=1S/C19H18FNO3S/c1-2-5-17-19(13-8-10-14(20)11-9-13)16(12-24-17)15-6-3-4-7-18(15)25(21,22)23/h3-4,6-12H,2,5H2,1H3,(H2,21,22,23). The second-order valence-electron chi connectivity index (χ2n) is 5.75. The van der Waals surface area contributed by atoms with Crippen LogP contribution in [0.15, 0.2) is 64.1 Å². The lowest BCUT2D eigenvalue weighted by Crippen LogP contribution is -2.13. The van der Waals surface area contributed by atoms with Crippen molar-refractivity contribution in [2.24, 2.45) is 5.14 Å². The Morgan fingerprint density at radius 3 is 2.36 bits per heavy atom. The van der Waals surface area contributed by atoms with Gasteiger partial charge in [0, 0.05) is 23.1 Å². The van der Waals surface area contributed by atoms with Gasteiger partial charge in [0.2, 0.25) is 10.0 Å². The van der Waals surface area contributed by atoms with Gasteiger partial charge in [-0.3, -0.25) is 0 Å². The van der Waals surface area contributed by atoms with Gasteiger partial charge in [-0.2, -0.15) is 0 Å². The highest BCUT2D eigenvalue weighted by molar-refractivity contribution is 7.89. The van der Waals surface area contributed by atoms with E-state index >= 15 is 0 Å². The second-order valence-corrected chi connectivity index (χ2v) is 7.28. The Labute approximate surface area is 146 Å². The minimum absolute atomic E-state index is 0.0298. The number of sulfonamides is 1. The second kappa shape index (κ2) is 6.82. The summed E-state index contributed by atoms with van der Waals surface area (Å²) in [7, 11) is -3.89. The first-order valence-corrected chi connectivity index (χ1v) is 9.45. The molecule has 6 heteroatoms. The molecule has 25 heavy (non-hydrogen) atoms. The first-order valence-electron chi connectivity index (χ1n) is 7.90. The maximum atomic E-state index is 13.3. The van der Waals surface area contributed by atoms with Gasteiger partial charge in [-0.15, -0.1) is 0 Å². The van der Waals surface area contributed by atoms with Crippen LogP contribution in [-0.2, 0) is 16.4 Å². The predicted molar refractivity (Wildman–Crippen MR) is 94.9 cm³/mol. The van der Waals surface area contributed by atoms with Gasteiger partial charge in [0.15, 0.2) is 0 Å². The first kappa shape index (κ1) is 17.4. The molecule has 0 fully saturated rings. The summed E-state index contributed by atoms with van der Waals surface area (Å²) in [4.78, 5) is 0.0298. The molecule has 2 N–H and O–H groups in total. The predicted octanol–water partition coefficient (Wildman–Crippen LogP) is 4.35. The van der Waals surface area contributed by atoms with E-state index in [1.807, 2.05) is 6.92 Å². The van der Waals surface area contributed by atoms with Crippen molar-refractivity contribution >= 4 is 10.0 Å². The van der Waals surface area contributed by atoms with Crippen molar-refractivity contribution in [3.05, 3.63) is 66.4 Å². The third kappa shape index (κ3) is 3.50. The fourth-order valence-electron chi connectivity index (χ4n) is 2.88. The Balaban J connectivity index is 2.27. The van der Waals surface area contributed by atoms with Crippen LogP contribution in [0.25, 0.3) is 22.3 Å². The average Bonchev–Trinajstić information content (AvgIpc) is 2.99. The van der Waals surface area contributed by atoms with Gasteiger partial charge in [-0.05, 0) is 30.2 Å². The van der Waals surface area contributed by atoms with E-state index in [9.17, 15) is 12.8 Å². The lowest BCUT2D eigenvalue weighted by molar-refractivity contribution is 0.508. The van der Waals surface area contributed by atoms with Crippen LogP contribution in [-0.4, -0.2) is 8.42 Å². The Bertz CT molecular complexity index is 992. The molecule has 2 aromatic carbocycles. The van der Waals surface area contributed by atoms with E-state index in [1.165, 1.54) is 24.5 Å². The molecule has 130 valence electrons. The van der Waals surface area contributed by atoms with Gasteiger partial charge in [0.05, 0.1) is 11.2 Å². The largest absolute Gasteiger partial charge is 0.468 e. The van der Waals surface area contributed by atoms with Crippen LogP contribution in [0.2, 0.25) is 0 Å². The zero-order chi connectivity index (χ0) is 18.0. The zero-order valence-corrected chi connectivity index (χ0v) is 14.5. The summed E-state index contributed by atoms with van der Waals surface area (Å²) in [6.07, 6.45) is 3.08. The Hall–Kier alpha value is -2.44. The maximum Gasteiger partial charge on any atom is 0.238 e. The van der Waals surface area contributed by atoms with Crippen molar-refractivity contribution < 1.29 is 17.2 Å². The average molecular weight is 359 g/mol. The Morgan fingerprint density at radius 2 is 1.72 bits per heavy atom. The van der Waals surface area contributed by atoms with E-state index in [2.05, 4.69) is 0 Å². The molecular formula is C19H18FNO3S. The molecule has 0 aliphatic heterocycles.